The molecule has 0 aliphatic heterocycles. The second kappa shape index (κ2) is 12.5. The Kier molecular flexibility index (Phi) is 10.5. The van der Waals surface area contributed by atoms with Gasteiger partial charge >= 0.3 is 0 Å². The van der Waals surface area contributed by atoms with Crippen molar-refractivity contribution in [2.75, 3.05) is 0 Å². The van der Waals surface area contributed by atoms with Gasteiger partial charge in [0.05, 0.1) is 24.3 Å². The molecule has 3 fully saturated rings. The largest absolute Gasteiger partial charge is 0.392 e. The molecule has 0 spiro atoms. The Morgan fingerprint density at radius 2 is 0.825 bits per heavy atom. The van der Waals surface area contributed by atoms with Gasteiger partial charge in [-0.3, -0.25) is 9.98 Å². The van der Waals surface area contributed by atoms with Gasteiger partial charge in [-0.1, -0.05) is 95.9 Å². The van der Waals surface area contributed by atoms with Crippen LogP contribution >= 0.6 is 0 Å². The quantitative estimate of drug-likeness (QED) is 0.339. The first kappa shape index (κ1) is 33.8. The smallest absolute Gasteiger partial charge is 0.0719 e. The van der Waals surface area contributed by atoms with Crippen LogP contribution in [-0.4, -0.2) is 46.9 Å². The van der Waals surface area contributed by atoms with Crippen LogP contribution in [0, 0.1) is 57.2 Å². The number of nitrogens with zero attached hydrogens (tertiary/aromatic N) is 2. The number of aliphatic imine (C=N–C) groups is 2. The molecule has 10 atom stereocenters. The van der Waals surface area contributed by atoms with Crippen LogP contribution in [0.15, 0.2) is 9.98 Å². The van der Waals surface area contributed by atoms with Gasteiger partial charge in [-0.25, -0.2) is 0 Å². The monoisotopic (exact) mass is 559 g/mol. The van der Waals surface area contributed by atoms with Gasteiger partial charge in [0.2, 0.25) is 0 Å². The average Bonchev–Trinajstić information content (AvgIpc) is 2.80. The van der Waals surface area contributed by atoms with Crippen LogP contribution in [0.4, 0.5) is 0 Å². The molecule has 0 aromatic rings. The number of aliphatic hydroxyl groups is 2. The topological polar surface area (TPSA) is 65.2 Å². The van der Waals surface area contributed by atoms with Gasteiger partial charge in [0.25, 0.3) is 0 Å². The molecule has 0 bridgehead atoms. The van der Waals surface area contributed by atoms with Crippen LogP contribution in [0.25, 0.3) is 0 Å². The molecule has 3 aliphatic rings. The summed E-state index contributed by atoms with van der Waals surface area (Å²) in [6.07, 6.45) is 12.3. The summed E-state index contributed by atoms with van der Waals surface area (Å²) >= 11 is 0. The fourth-order valence-corrected chi connectivity index (χ4v) is 7.94. The molecule has 0 radical (unpaired) electrons. The summed E-state index contributed by atoms with van der Waals surface area (Å²) in [5.41, 5.74) is 0.599. The Labute approximate surface area is 248 Å². The van der Waals surface area contributed by atoms with E-state index in [2.05, 4.69) is 95.5 Å². The molecular formula is C36H66N2O2. The van der Waals surface area contributed by atoms with Crippen molar-refractivity contribution in [3.05, 3.63) is 0 Å². The van der Waals surface area contributed by atoms with Gasteiger partial charge in [0, 0.05) is 24.3 Å². The van der Waals surface area contributed by atoms with Gasteiger partial charge in [-0.05, 0) is 83.9 Å². The van der Waals surface area contributed by atoms with Crippen molar-refractivity contribution in [3.63, 3.8) is 0 Å². The highest BCUT2D eigenvalue weighted by Crippen LogP contribution is 2.49. The summed E-state index contributed by atoms with van der Waals surface area (Å²) in [4.78, 5) is 10.4. The summed E-state index contributed by atoms with van der Waals surface area (Å²) in [7, 11) is 0. The molecule has 0 aromatic heterocycles. The Morgan fingerprint density at radius 1 is 0.500 bits per heavy atom. The van der Waals surface area contributed by atoms with Crippen LogP contribution in [-0.2, 0) is 0 Å². The van der Waals surface area contributed by atoms with Crippen molar-refractivity contribution in [2.45, 2.75) is 159 Å². The summed E-state index contributed by atoms with van der Waals surface area (Å²) in [6, 6.07) is 0.357. The first-order chi connectivity index (χ1) is 18.2. The molecule has 0 heterocycles. The van der Waals surface area contributed by atoms with E-state index >= 15 is 0 Å². The number of aliphatic hydroxyl groups excluding tert-OH is 2. The van der Waals surface area contributed by atoms with Crippen molar-refractivity contribution in [1.82, 2.24) is 0 Å². The SMILES string of the molecule is CC(C)(C)C1CC(C=N[C@H]2CCCC[C@@H]2N=CC2CC(C(C)(C)C)CC(C(C)(C)C)C2O)C(O)C(C(C)(C)C)C1. The molecule has 0 amide bonds. The Morgan fingerprint density at radius 3 is 1.10 bits per heavy atom. The highest BCUT2D eigenvalue weighted by molar-refractivity contribution is 5.64. The number of hydrogen-bond acceptors (Lipinski definition) is 4. The van der Waals surface area contributed by atoms with Crippen molar-refractivity contribution >= 4 is 12.4 Å². The van der Waals surface area contributed by atoms with E-state index in [4.69, 9.17) is 9.98 Å². The maximum atomic E-state index is 11.5. The van der Waals surface area contributed by atoms with E-state index in [0.717, 1.165) is 38.5 Å². The molecule has 40 heavy (non-hydrogen) atoms. The van der Waals surface area contributed by atoms with E-state index in [0.29, 0.717) is 11.8 Å². The van der Waals surface area contributed by atoms with E-state index in [1.54, 1.807) is 0 Å². The van der Waals surface area contributed by atoms with Gasteiger partial charge in [0.15, 0.2) is 0 Å². The van der Waals surface area contributed by atoms with Gasteiger partial charge in [0.1, 0.15) is 0 Å². The van der Waals surface area contributed by atoms with E-state index in [1.807, 2.05) is 0 Å². The fraction of sp³-hybridized carbons (Fsp3) is 0.944. The normalized spacial score (nSPS) is 39.2. The van der Waals surface area contributed by atoms with Crippen LogP contribution in [0.5, 0.6) is 0 Å². The number of rotatable bonds is 4. The van der Waals surface area contributed by atoms with E-state index in [-0.39, 0.29) is 69.6 Å². The summed E-state index contributed by atoms with van der Waals surface area (Å²) in [5.74, 6) is 1.93. The minimum Gasteiger partial charge on any atom is -0.392 e. The zero-order valence-electron chi connectivity index (χ0n) is 28.4. The molecule has 0 saturated heterocycles. The lowest BCUT2D eigenvalue weighted by Crippen LogP contribution is -2.47. The first-order valence-corrected chi connectivity index (χ1v) is 16.6. The lowest BCUT2D eigenvalue weighted by molar-refractivity contribution is -0.0475. The Balaban J connectivity index is 1.79. The predicted octanol–water partition coefficient (Wildman–Crippen LogP) is 8.63. The van der Waals surface area contributed by atoms with E-state index < -0.39 is 0 Å². The summed E-state index contributed by atoms with van der Waals surface area (Å²) in [6.45, 7) is 27.8. The van der Waals surface area contributed by atoms with Crippen LogP contribution in [0.2, 0.25) is 0 Å². The van der Waals surface area contributed by atoms with E-state index in [1.165, 1.54) is 12.8 Å². The zero-order valence-corrected chi connectivity index (χ0v) is 28.4. The Hall–Kier alpha value is -0.740. The molecule has 2 N–H and O–H groups in total. The first-order valence-electron chi connectivity index (χ1n) is 16.6. The third-order valence-corrected chi connectivity index (χ3v) is 11.2. The lowest BCUT2D eigenvalue weighted by Gasteiger charge is -2.48. The van der Waals surface area contributed by atoms with Crippen molar-refractivity contribution < 1.29 is 10.2 Å². The van der Waals surface area contributed by atoms with Gasteiger partial charge in [-0.2, -0.15) is 0 Å². The molecule has 4 heteroatoms. The van der Waals surface area contributed by atoms with Crippen molar-refractivity contribution in [3.8, 4) is 0 Å². The fourth-order valence-electron chi connectivity index (χ4n) is 7.94. The minimum atomic E-state index is -0.339. The average molecular weight is 559 g/mol. The van der Waals surface area contributed by atoms with E-state index in [9.17, 15) is 10.2 Å². The number of hydrogen-bond donors (Lipinski definition) is 2. The van der Waals surface area contributed by atoms with Gasteiger partial charge < -0.3 is 10.2 Å². The summed E-state index contributed by atoms with van der Waals surface area (Å²) in [5, 5.41) is 23.0. The van der Waals surface area contributed by atoms with Crippen LogP contribution in [0.1, 0.15) is 134 Å². The van der Waals surface area contributed by atoms with Crippen molar-refractivity contribution in [2.24, 2.45) is 67.2 Å². The van der Waals surface area contributed by atoms with Crippen LogP contribution < -0.4 is 0 Å². The summed E-state index contributed by atoms with van der Waals surface area (Å²) < 4.78 is 0. The maximum absolute atomic E-state index is 11.5. The van der Waals surface area contributed by atoms with Crippen molar-refractivity contribution in [1.29, 1.82) is 0 Å². The standard InChI is InChI=1S/C36H66N2O2/c1-33(2,3)25-17-23(31(39)27(19-25)35(7,8)9)21-37-29-15-13-14-16-30(29)38-22-24-18-26(34(4,5)6)20-28(32(24)40)36(10,11)12/h21-32,39-40H,13-20H2,1-12H3/t23?,24?,25?,26?,27?,28?,29-,30-,31?,32?/m0/s1. The third-order valence-electron chi connectivity index (χ3n) is 11.2. The molecule has 3 aliphatic carbocycles. The predicted molar refractivity (Wildman–Crippen MR) is 172 cm³/mol. The lowest BCUT2D eigenvalue weighted by atomic mass is 9.59. The molecule has 0 aromatic carbocycles. The molecule has 232 valence electrons. The molecule has 3 saturated carbocycles. The maximum Gasteiger partial charge on any atom is 0.0719 e. The minimum absolute atomic E-state index is 0.0732. The molecule has 4 nitrogen and oxygen atoms in total. The second-order valence-corrected chi connectivity index (χ2v) is 18.3. The van der Waals surface area contributed by atoms with Crippen LogP contribution in [0.3, 0.4) is 0 Å². The van der Waals surface area contributed by atoms with Gasteiger partial charge in [-0.15, -0.1) is 0 Å². The second-order valence-electron chi connectivity index (χ2n) is 18.3. The molecule has 8 unspecified atom stereocenters. The highest BCUT2D eigenvalue weighted by atomic mass is 16.3. The highest BCUT2D eigenvalue weighted by Gasteiger charge is 2.46. The Bertz CT molecular complexity index is 793. The molecule has 3 rings (SSSR count). The zero-order chi connectivity index (χ0) is 30.3. The molecular weight excluding hydrogens is 492 g/mol. The third kappa shape index (κ3) is 8.42.